The lowest BCUT2D eigenvalue weighted by Gasteiger charge is -2.32. The lowest BCUT2D eigenvalue weighted by Crippen LogP contribution is -2.43. The van der Waals surface area contributed by atoms with Crippen molar-refractivity contribution < 1.29 is 14.0 Å². The van der Waals surface area contributed by atoms with Crippen molar-refractivity contribution in [3.05, 3.63) is 52.9 Å². The third-order valence-electron chi connectivity index (χ3n) is 6.11. The second kappa shape index (κ2) is 7.87. The van der Waals surface area contributed by atoms with Gasteiger partial charge in [-0.05, 0) is 47.6 Å². The number of hydrogen-bond acceptors (Lipinski definition) is 6. The third kappa shape index (κ3) is 3.51. The lowest BCUT2D eigenvalue weighted by atomic mass is 9.87. The Morgan fingerprint density at radius 1 is 1.17 bits per heavy atom. The lowest BCUT2D eigenvalue weighted by molar-refractivity contribution is -0.129. The molecule has 7 heteroatoms. The highest BCUT2D eigenvalue weighted by Gasteiger charge is 2.30. The van der Waals surface area contributed by atoms with Gasteiger partial charge in [0.2, 0.25) is 11.8 Å². The molecule has 0 spiro atoms. The maximum absolute atomic E-state index is 13.4. The van der Waals surface area contributed by atoms with Gasteiger partial charge in [0.15, 0.2) is 5.78 Å². The van der Waals surface area contributed by atoms with Crippen LogP contribution in [0.3, 0.4) is 0 Å². The van der Waals surface area contributed by atoms with Crippen LogP contribution in [-0.4, -0.2) is 45.6 Å². The van der Waals surface area contributed by atoms with Crippen LogP contribution in [0.2, 0.25) is 0 Å². The van der Waals surface area contributed by atoms with Crippen molar-refractivity contribution in [1.29, 1.82) is 0 Å². The number of aromatic nitrogens is 2. The van der Waals surface area contributed by atoms with Gasteiger partial charge in [-0.1, -0.05) is 42.1 Å². The quantitative estimate of drug-likeness (QED) is 0.460. The van der Waals surface area contributed by atoms with Gasteiger partial charge in [-0.25, -0.2) is 0 Å². The number of Topliss-reactive ketones (excluding diaryl/α,β-unsaturated/α-hetero) is 1. The first-order valence-electron chi connectivity index (χ1n) is 10.4. The van der Waals surface area contributed by atoms with Crippen molar-refractivity contribution in [2.24, 2.45) is 5.92 Å². The fourth-order valence-corrected chi connectivity index (χ4v) is 5.36. The topological polar surface area (TPSA) is 76.3 Å². The molecule has 0 saturated carbocycles. The van der Waals surface area contributed by atoms with Gasteiger partial charge in [0.1, 0.15) is 0 Å². The van der Waals surface area contributed by atoms with E-state index in [2.05, 4.69) is 34.5 Å². The molecule has 1 amide bonds. The Balaban J connectivity index is 1.31. The average molecular weight is 422 g/mol. The highest BCUT2D eigenvalue weighted by molar-refractivity contribution is 7.99. The third-order valence-corrected chi connectivity index (χ3v) is 6.92. The van der Waals surface area contributed by atoms with Crippen LogP contribution in [0.25, 0.3) is 10.8 Å². The number of rotatable bonds is 5. The van der Waals surface area contributed by atoms with Gasteiger partial charge in [0.25, 0.3) is 5.22 Å². The van der Waals surface area contributed by atoms with Gasteiger partial charge in [-0.15, -0.1) is 10.2 Å². The minimum absolute atomic E-state index is 0.00811. The molecule has 30 heavy (non-hydrogen) atoms. The number of hydrogen-bond donors (Lipinski definition) is 0. The molecule has 0 radical (unpaired) electrons. The van der Waals surface area contributed by atoms with Crippen molar-refractivity contribution >= 4 is 34.2 Å². The zero-order valence-electron chi connectivity index (χ0n) is 16.9. The Morgan fingerprint density at radius 3 is 2.80 bits per heavy atom. The molecule has 5 rings (SSSR count). The molecule has 1 aromatic heterocycles. The molecule has 2 heterocycles. The molecule has 0 N–H and O–H groups in total. The Kier molecular flexibility index (Phi) is 5.06. The van der Waals surface area contributed by atoms with E-state index >= 15 is 0 Å². The number of thioether (sulfide) groups is 1. The number of carbonyl (C=O) groups is 2. The van der Waals surface area contributed by atoms with E-state index in [1.54, 1.807) is 6.92 Å². The molecule has 1 unspecified atom stereocenters. The summed E-state index contributed by atoms with van der Waals surface area (Å²) in [5.74, 6) is 0.733. The molecule has 3 aromatic rings. The Morgan fingerprint density at radius 2 is 2.00 bits per heavy atom. The van der Waals surface area contributed by atoms with Crippen LogP contribution in [0.1, 0.15) is 40.2 Å². The normalized spacial score (nSPS) is 18.2. The Bertz CT molecular complexity index is 1130. The number of carbonyl (C=O) groups excluding carboxylic acids is 2. The summed E-state index contributed by atoms with van der Waals surface area (Å²) in [6.45, 7) is 2.89. The van der Waals surface area contributed by atoms with Gasteiger partial charge in [-0.2, -0.15) is 0 Å². The first-order valence-corrected chi connectivity index (χ1v) is 11.4. The second-order valence-electron chi connectivity index (χ2n) is 8.03. The minimum Gasteiger partial charge on any atom is -0.416 e. The van der Waals surface area contributed by atoms with Crippen LogP contribution in [0, 0.1) is 12.8 Å². The second-order valence-corrected chi connectivity index (χ2v) is 8.96. The molecule has 1 atom stereocenters. The summed E-state index contributed by atoms with van der Waals surface area (Å²) in [6, 6.07) is 10.4. The summed E-state index contributed by atoms with van der Waals surface area (Å²) in [5, 5.41) is 10.4. The van der Waals surface area contributed by atoms with Crippen molar-refractivity contribution in [3.8, 4) is 0 Å². The van der Waals surface area contributed by atoms with Crippen molar-refractivity contribution in [1.82, 2.24) is 15.1 Å². The number of benzene rings is 2. The molecule has 1 aliphatic heterocycles. The van der Waals surface area contributed by atoms with Crippen molar-refractivity contribution in [2.75, 3.05) is 18.8 Å². The van der Waals surface area contributed by atoms with Gasteiger partial charge < -0.3 is 9.32 Å². The average Bonchev–Trinajstić information content (AvgIpc) is 3.39. The summed E-state index contributed by atoms with van der Waals surface area (Å²) in [6.07, 6.45) is 3.76. The Hall–Kier alpha value is -2.67. The van der Waals surface area contributed by atoms with Gasteiger partial charge in [-0.3, -0.25) is 9.59 Å². The number of nitrogens with zero attached hydrogens (tertiary/aromatic N) is 3. The molecule has 154 valence electrons. The van der Waals surface area contributed by atoms with E-state index in [9.17, 15) is 9.59 Å². The highest BCUT2D eigenvalue weighted by atomic mass is 32.2. The van der Waals surface area contributed by atoms with Crippen LogP contribution in [0.4, 0.5) is 0 Å². The molecule has 1 aliphatic carbocycles. The van der Waals surface area contributed by atoms with Gasteiger partial charge in [0.05, 0.1) is 5.75 Å². The smallest absolute Gasteiger partial charge is 0.277 e. The minimum atomic E-state index is -0.156. The van der Waals surface area contributed by atoms with Crippen LogP contribution >= 0.6 is 11.8 Å². The molecule has 6 nitrogen and oxygen atoms in total. The predicted molar refractivity (Wildman–Crippen MR) is 115 cm³/mol. The number of aryl methyl sites for hydroxylation is 3. The maximum Gasteiger partial charge on any atom is 0.277 e. The van der Waals surface area contributed by atoms with Crippen LogP contribution < -0.4 is 0 Å². The largest absolute Gasteiger partial charge is 0.416 e. The number of ketones is 1. The molecule has 0 bridgehead atoms. The molecule has 1 fully saturated rings. The predicted octanol–water partition coefficient (Wildman–Crippen LogP) is 3.84. The summed E-state index contributed by atoms with van der Waals surface area (Å²) in [4.78, 5) is 27.9. The zero-order chi connectivity index (χ0) is 20.7. The Labute approximate surface area is 179 Å². The first kappa shape index (κ1) is 19.3. The van der Waals surface area contributed by atoms with E-state index in [1.165, 1.54) is 28.3 Å². The SMILES string of the molecule is Cc1nnc(SCC(=O)N2CCCC(C(=O)c3ccc4c5c(cccc35)CC4)C2)o1. The fourth-order valence-electron chi connectivity index (χ4n) is 4.65. The van der Waals surface area contributed by atoms with Gasteiger partial charge in [0, 0.05) is 31.5 Å². The molecule has 1 saturated heterocycles. The summed E-state index contributed by atoms with van der Waals surface area (Å²) < 4.78 is 5.32. The number of likely N-dealkylation sites (tertiary alicyclic amines) is 1. The standard InChI is InChI=1S/C23H23N3O3S/c1-14-24-25-23(29-14)30-13-20(27)26-11-3-5-17(12-26)22(28)19-10-9-16-8-7-15-4-2-6-18(19)21(15)16/h2,4,6,9-10,17H,3,5,7-8,11-13H2,1H3. The fraction of sp³-hybridized carbons (Fsp3) is 0.391. The monoisotopic (exact) mass is 421 g/mol. The van der Waals surface area contributed by atoms with Crippen molar-refractivity contribution in [2.45, 2.75) is 37.8 Å². The number of piperidine rings is 1. The van der Waals surface area contributed by atoms with E-state index < -0.39 is 0 Å². The molecular formula is C23H23N3O3S. The van der Waals surface area contributed by atoms with E-state index in [0.717, 1.165) is 36.6 Å². The summed E-state index contributed by atoms with van der Waals surface area (Å²) in [5.41, 5.74) is 3.48. The van der Waals surface area contributed by atoms with E-state index in [4.69, 9.17) is 4.42 Å². The number of amides is 1. The maximum atomic E-state index is 13.4. The van der Waals surface area contributed by atoms with E-state index in [0.29, 0.717) is 24.2 Å². The molecule has 2 aromatic carbocycles. The van der Waals surface area contributed by atoms with E-state index in [1.807, 2.05) is 11.0 Å². The van der Waals surface area contributed by atoms with Crippen LogP contribution in [0.15, 0.2) is 40.0 Å². The van der Waals surface area contributed by atoms with Crippen molar-refractivity contribution in [3.63, 3.8) is 0 Å². The highest BCUT2D eigenvalue weighted by Crippen LogP contribution is 2.34. The van der Waals surface area contributed by atoms with Crippen LogP contribution in [0.5, 0.6) is 0 Å². The molecule has 2 aliphatic rings. The van der Waals surface area contributed by atoms with E-state index in [-0.39, 0.29) is 23.4 Å². The van der Waals surface area contributed by atoms with Gasteiger partial charge >= 0.3 is 0 Å². The van der Waals surface area contributed by atoms with Crippen LogP contribution in [-0.2, 0) is 17.6 Å². The first-order chi connectivity index (χ1) is 14.6. The zero-order valence-corrected chi connectivity index (χ0v) is 17.7. The molecular weight excluding hydrogens is 398 g/mol. The summed E-state index contributed by atoms with van der Waals surface area (Å²) in [7, 11) is 0. The summed E-state index contributed by atoms with van der Waals surface area (Å²) >= 11 is 1.24.